The molecule has 1 N–H and O–H groups in total. The van der Waals surface area contributed by atoms with E-state index in [2.05, 4.69) is 20.7 Å². The van der Waals surface area contributed by atoms with Crippen molar-refractivity contribution in [3.05, 3.63) is 32.8 Å². The minimum absolute atomic E-state index is 0.204. The first-order chi connectivity index (χ1) is 9.38. The van der Waals surface area contributed by atoms with Gasteiger partial charge in [0.15, 0.2) is 4.90 Å². The van der Waals surface area contributed by atoms with Crippen LogP contribution in [-0.2, 0) is 14.8 Å². The van der Waals surface area contributed by atoms with Crippen molar-refractivity contribution in [2.75, 3.05) is 20.3 Å². The largest absolute Gasteiger partial charge is 0.385 e. The van der Waals surface area contributed by atoms with Crippen LogP contribution >= 0.6 is 15.9 Å². The normalized spacial score (nSPS) is 11.5. The van der Waals surface area contributed by atoms with Gasteiger partial charge in [-0.25, -0.2) is 13.1 Å². The number of ether oxygens (including phenoxy) is 1. The zero-order chi connectivity index (χ0) is 15.2. The first-order valence-corrected chi connectivity index (χ1v) is 8.08. The first kappa shape index (κ1) is 17.0. The van der Waals surface area contributed by atoms with E-state index in [1.807, 2.05) is 0 Å². The van der Waals surface area contributed by atoms with Gasteiger partial charge in [0.1, 0.15) is 0 Å². The Morgan fingerprint density at radius 3 is 2.70 bits per heavy atom. The van der Waals surface area contributed by atoms with Gasteiger partial charge in [-0.05, 0) is 25.0 Å². The number of unbranched alkanes of at least 4 members (excludes halogenated alkanes) is 1. The standard InChI is InChI=1S/C11H15BrN2O5S/c1-19-7-3-2-6-13-20(17,18)11-8-9(12)4-5-10(11)14(15)16/h4-5,8,13H,2-3,6-7H2,1H3. The molecule has 1 aromatic carbocycles. The van der Waals surface area contributed by atoms with E-state index < -0.39 is 20.6 Å². The van der Waals surface area contributed by atoms with Crippen LogP contribution in [0.1, 0.15) is 12.8 Å². The fourth-order valence-electron chi connectivity index (χ4n) is 1.51. The fraction of sp³-hybridized carbons (Fsp3) is 0.455. The molecule has 0 aliphatic heterocycles. The summed E-state index contributed by atoms with van der Waals surface area (Å²) in [5, 5.41) is 10.9. The van der Waals surface area contributed by atoms with Crippen molar-refractivity contribution in [1.29, 1.82) is 0 Å². The highest BCUT2D eigenvalue weighted by atomic mass is 79.9. The lowest BCUT2D eigenvalue weighted by Gasteiger charge is -2.07. The van der Waals surface area contributed by atoms with E-state index in [1.165, 1.54) is 12.1 Å². The van der Waals surface area contributed by atoms with Gasteiger partial charge in [0.2, 0.25) is 10.0 Å². The fourth-order valence-corrected chi connectivity index (χ4v) is 3.29. The molecule has 20 heavy (non-hydrogen) atoms. The highest BCUT2D eigenvalue weighted by Crippen LogP contribution is 2.26. The van der Waals surface area contributed by atoms with E-state index in [1.54, 1.807) is 7.11 Å². The molecule has 1 aromatic rings. The minimum Gasteiger partial charge on any atom is -0.385 e. The SMILES string of the molecule is COCCCCNS(=O)(=O)c1cc(Br)ccc1[N+](=O)[O-]. The summed E-state index contributed by atoms with van der Waals surface area (Å²) in [6.07, 6.45) is 1.30. The van der Waals surface area contributed by atoms with Crippen molar-refractivity contribution in [3.8, 4) is 0 Å². The second-order valence-corrected chi connectivity index (χ2v) is 6.62. The van der Waals surface area contributed by atoms with E-state index in [0.717, 1.165) is 6.07 Å². The van der Waals surface area contributed by atoms with Crippen molar-refractivity contribution in [2.24, 2.45) is 0 Å². The lowest BCUT2D eigenvalue weighted by atomic mass is 10.3. The minimum atomic E-state index is -3.91. The number of methoxy groups -OCH3 is 1. The summed E-state index contributed by atoms with van der Waals surface area (Å²) in [4.78, 5) is 9.82. The van der Waals surface area contributed by atoms with Crippen LogP contribution in [-0.4, -0.2) is 33.6 Å². The summed E-state index contributed by atoms with van der Waals surface area (Å²) in [5.41, 5.74) is -0.447. The number of sulfonamides is 1. The van der Waals surface area contributed by atoms with E-state index in [4.69, 9.17) is 4.74 Å². The van der Waals surface area contributed by atoms with Crippen LogP contribution in [0.5, 0.6) is 0 Å². The first-order valence-electron chi connectivity index (χ1n) is 5.81. The number of nitro groups is 1. The Labute approximate surface area is 125 Å². The zero-order valence-electron chi connectivity index (χ0n) is 10.8. The van der Waals surface area contributed by atoms with Gasteiger partial charge in [-0.3, -0.25) is 10.1 Å². The van der Waals surface area contributed by atoms with Crippen LogP contribution in [0.2, 0.25) is 0 Å². The molecule has 0 bridgehead atoms. The Hall–Kier alpha value is -1.03. The summed E-state index contributed by atoms with van der Waals surface area (Å²) in [6, 6.07) is 3.80. The van der Waals surface area contributed by atoms with Crippen molar-refractivity contribution < 1.29 is 18.1 Å². The smallest absolute Gasteiger partial charge is 0.289 e. The van der Waals surface area contributed by atoms with Crippen LogP contribution in [0.25, 0.3) is 0 Å². The zero-order valence-corrected chi connectivity index (χ0v) is 13.2. The molecule has 0 saturated carbocycles. The van der Waals surface area contributed by atoms with Gasteiger partial charge < -0.3 is 4.74 Å². The summed E-state index contributed by atoms with van der Waals surface area (Å²) >= 11 is 3.11. The molecule has 1 rings (SSSR count). The number of nitrogens with zero attached hydrogens (tertiary/aromatic N) is 1. The molecular formula is C11H15BrN2O5S. The van der Waals surface area contributed by atoms with Gasteiger partial charge in [-0.2, -0.15) is 0 Å². The number of halogens is 1. The molecule has 0 radical (unpaired) electrons. The van der Waals surface area contributed by atoms with Crippen LogP contribution < -0.4 is 4.72 Å². The lowest BCUT2D eigenvalue weighted by Crippen LogP contribution is -2.25. The third-order valence-corrected chi connectivity index (χ3v) is 4.46. The molecule has 112 valence electrons. The van der Waals surface area contributed by atoms with Crippen molar-refractivity contribution in [3.63, 3.8) is 0 Å². The Morgan fingerprint density at radius 1 is 1.40 bits per heavy atom. The number of benzene rings is 1. The molecule has 0 saturated heterocycles. The molecule has 0 amide bonds. The van der Waals surface area contributed by atoms with Crippen LogP contribution in [0, 0.1) is 10.1 Å². The summed E-state index contributed by atoms with van der Waals surface area (Å²) in [7, 11) is -2.34. The number of hydrogen-bond acceptors (Lipinski definition) is 5. The van der Waals surface area contributed by atoms with Gasteiger partial charge in [0.05, 0.1) is 4.92 Å². The summed E-state index contributed by atoms with van der Waals surface area (Å²) < 4.78 is 31.8. The molecule has 0 aliphatic carbocycles. The topological polar surface area (TPSA) is 98.5 Å². The van der Waals surface area contributed by atoms with Crippen molar-refractivity contribution in [2.45, 2.75) is 17.7 Å². The van der Waals surface area contributed by atoms with E-state index in [0.29, 0.717) is 23.9 Å². The molecule has 0 fully saturated rings. The van der Waals surface area contributed by atoms with Gasteiger partial charge in [0.25, 0.3) is 5.69 Å². The molecule has 0 spiro atoms. The second-order valence-electron chi connectivity index (χ2n) is 3.97. The Bertz CT molecular complexity index is 576. The quantitative estimate of drug-likeness (QED) is 0.431. The van der Waals surface area contributed by atoms with E-state index in [9.17, 15) is 18.5 Å². The van der Waals surface area contributed by atoms with Crippen LogP contribution in [0.4, 0.5) is 5.69 Å². The van der Waals surface area contributed by atoms with E-state index in [-0.39, 0.29) is 11.4 Å². The maximum absolute atomic E-state index is 12.1. The number of nitrogens with one attached hydrogen (secondary N) is 1. The highest BCUT2D eigenvalue weighted by molar-refractivity contribution is 9.10. The predicted molar refractivity (Wildman–Crippen MR) is 77.1 cm³/mol. The van der Waals surface area contributed by atoms with Crippen LogP contribution in [0.3, 0.4) is 0 Å². The second kappa shape index (κ2) is 7.67. The monoisotopic (exact) mass is 366 g/mol. The molecule has 0 aliphatic rings. The molecule has 0 atom stereocenters. The Kier molecular flexibility index (Phi) is 6.53. The summed E-state index contributed by atoms with van der Waals surface area (Å²) in [6.45, 7) is 0.744. The Morgan fingerprint density at radius 2 is 2.10 bits per heavy atom. The molecule has 7 nitrogen and oxygen atoms in total. The maximum atomic E-state index is 12.1. The van der Waals surface area contributed by atoms with Crippen LogP contribution in [0.15, 0.2) is 27.6 Å². The molecule has 0 heterocycles. The van der Waals surface area contributed by atoms with E-state index >= 15 is 0 Å². The van der Waals surface area contributed by atoms with Gasteiger partial charge in [-0.1, -0.05) is 15.9 Å². The molecule has 0 aromatic heterocycles. The van der Waals surface area contributed by atoms with Gasteiger partial charge in [-0.15, -0.1) is 0 Å². The van der Waals surface area contributed by atoms with Crippen molar-refractivity contribution >= 4 is 31.6 Å². The maximum Gasteiger partial charge on any atom is 0.289 e. The number of hydrogen-bond donors (Lipinski definition) is 1. The lowest BCUT2D eigenvalue weighted by molar-refractivity contribution is -0.387. The predicted octanol–water partition coefficient (Wildman–Crippen LogP) is 2.06. The number of rotatable bonds is 8. The molecule has 9 heteroatoms. The summed E-state index contributed by atoms with van der Waals surface area (Å²) in [5.74, 6) is 0. The highest BCUT2D eigenvalue weighted by Gasteiger charge is 2.25. The third-order valence-electron chi connectivity index (χ3n) is 2.48. The third kappa shape index (κ3) is 4.82. The average Bonchev–Trinajstić information content (AvgIpc) is 2.38. The van der Waals surface area contributed by atoms with Gasteiger partial charge in [0, 0.05) is 30.8 Å². The average molecular weight is 367 g/mol. The molecule has 0 unspecified atom stereocenters. The molecular weight excluding hydrogens is 352 g/mol. The number of nitro benzene ring substituents is 1. The van der Waals surface area contributed by atoms with Gasteiger partial charge >= 0.3 is 0 Å². The van der Waals surface area contributed by atoms with Crippen molar-refractivity contribution in [1.82, 2.24) is 4.72 Å². The Balaban J connectivity index is 2.86.